The van der Waals surface area contributed by atoms with Gasteiger partial charge in [0.25, 0.3) is 5.91 Å². The number of amides is 2. The molecule has 6 heteroatoms. The molecular weight excluding hydrogens is 266 g/mol. The lowest BCUT2D eigenvalue weighted by Crippen LogP contribution is -2.28. The highest BCUT2D eigenvalue weighted by atomic mass is 35.5. The fourth-order valence-corrected chi connectivity index (χ4v) is 1.90. The molecular formula is C13H12ClN3O2. The number of hydrogen-bond donors (Lipinski definition) is 2. The summed E-state index contributed by atoms with van der Waals surface area (Å²) in [5, 5.41) is 3.81. The maximum atomic E-state index is 11.8. The van der Waals surface area contributed by atoms with Crippen LogP contribution in [0.15, 0.2) is 30.3 Å². The van der Waals surface area contributed by atoms with Gasteiger partial charge in [-0.2, -0.15) is 0 Å². The molecule has 0 atom stereocenters. The van der Waals surface area contributed by atoms with Crippen molar-refractivity contribution in [1.29, 1.82) is 0 Å². The maximum Gasteiger partial charge on any atom is 0.269 e. The third-order valence-electron chi connectivity index (χ3n) is 2.56. The van der Waals surface area contributed by atoms with Gasteiger partial charge in [0, 0.05) is 18.4 Å². The van der Waals surface area contributed by atoms with Crippen molar-refractivity contribution in [2.24, 2.45) is 5.73 Å². The zero-order valence-electron chi connectivity index (χ0n) is 10.0. The molecule has 0 fully saturated rings. The number of halogens is 1. The molecule has 2 aromatic rings. The lowest BCUT2D eigenvalue weighted by molar-refractivity contribution is -0.117. The molecule has 19 heavy (non-hydrogen) atoms. The monoisotopic (exact) mass is 277 g/mol. The first-order chi connectivity index (χ1) is 9.08. The molecule has 5 nitrogen and oxygen atoms in total. The number of rotatable bonds is 4. The van der Waals surface area contributed by atoms with Crippen LogP contribution in [0, 0.1) is 0 Å². The number of carbonyl (C=O) groups excluding carboxylic acids is 2. The summed E-state index contributed by atoms with van der Waals surface area (Å²) in [7, 11) is 0. The molecule has 0 aliphatic carbocycles. The average Bonchev–Trinajstić information content (AvgIpc) is 2.38. The highest BCUT2D eigenvalue weighted by molar-refractivity contribution is 6.35. The van der Waals surface area contributed by atoms with E-state index in [4.69, 9.17) is 17.3 Å². The highest BCUT2D eigenvalue weighted by Gasteiger charge is 2.10. The van der Waals surface area contributed by atoms with Crippen molar-refractivity contribution in [3.8, 4) is 0 Å². The topological polar surface area (TPSA) is 85.1 Å². The van der Waals surface area contributed by atoms with Crippen LogP contribution in [-0.2, 0) is 4.79 Å². The van der Waals surface area contributed by atoms with Crippen LogP contribution in [-0.4, -0.2) is 23.3 Å². The van der Waals surface area contributed by atoms with Gasteiger partial charge in [0.15, 0.2) is 0 Å². The molecule has 0 aliphatic rings. The molecule has 0 radical (unpaired) electrons. The lowest BCUT2D eigenvalue weighted by Gasteiger charge is -2.06. The summed E-state index contributed by atoms with van der Waals surface area (Å²) in [6.45, 7) is 0.181. The van der Waals surface area contributed by atoms with E-state index in [1.807, 2.05) is 18.2 Å². The van der Waals surface area contributed by atoms with E-state index in [1.54, 1.807) is 6.07 Å². The van der Waals surface area contributed by atoms with Gasteiger partial charge in [0.05, 0.1) is 10.5 Å². The van der Waals surface area contributed by atoms with Crippen LogP contribution >= 0.6 is 11.6 Å². The largest absolute Gasteiger partial charge is 0.370 e. The molecule has 2 rings (SSSR count). The summed E-state index contributed by atoms with van der Waals surface area (Å²) >= 11 is 6.10. The molecule has 3 N–H and O–H groups in total. The Morgan fingerprint density at radius 2 is 2.05 bits per heavy atom. The SMILES string of the molecule is NC(=O)CCNC(=O)c1cc(Cl)c2ccccc2n1. The quantitative estimate of drug-likeness (QED) is 0.888. The lowest BCUT2D eigenvalue weighted by atomic mass is 10.2. The van der Waals surface area contributed by atoms with Gasteiger partial charge in [0.1, 0.15) is 5.69 Å². The first-order valence-corrected chi connectivity index (χ1v) is 6.07. The molecule has 0 saturated heterocycles. The van der Waals surface area contributed by atoms with E-state index in [2.05, 4.69) is 10.3 Å². The average molecular weight is 278 g/mol. The number of primary amides is 1. The van der Waals surface area contributed by atoms with E-state index in [1.165, 1.54) is 6.07 Å². The summed E-state index contributed by atoms with van der Waals surface area (Å²) in [5.41, 5.74) is 5.85. The minimum absolute atomic E-state index is 0.0903. The second-order valence-corrected chi connectivity index (χ2v) is 4.39. The third kappa shape index (κ3) is 3.20. The minimum Gasteiger partial charge on any atom is -0.370 e. The number of nitrogens with zero attached hydrogens (tertiary/aromatic N) is 1. The number of nitrogens with one attached hydrogen (secondary N) is 1. The zero-order valence-corrected chi connectivity index (χ0v) is 10.8. The van der Waals surface area contributed by atoms with Crippen LogP contribution in [0.1, 0.15) is 16.9 Å². The molecule has 1 aromatic carbocycles. The first-order valence-electron chi connectivity index (χ1n) is 5.69. The fraction of sp³-hybridized carbons (Fsp3) is 0.154. The molecule has 98 valence electrons. The van der Waals surface area contributed by atoms with Gasteiger partial charge < -0.3 is 11.1 Å². The molecule has 0 spiro atoms. The van der Waals surface area contributed by atoms with E-state index < -0.39 is 5.91 Å². The molecule has 1 heterocycles. The highest BCUT2D eigenvalue weighted by Crippen LogP contribution is 2.22. The van der Waals surface area contributed by atoms with Crippen molar-refractivity contribution in [3.63, 3.8) is 0 Å². The van der Waals surface area contributed by atoms with Crippen LogP contribution in [0.2, 0.25) is 5.02 Å². The van der Waals surface area contributed by atoms with E-state index in [0.29, 0.717) is 10.5 Å². The summed E-state index contributed by atoms with van der Waals surface area (Å²) in [6, 6.07) is 8.78. The number of carbonyl (C=O) groups is 2. The van der Waals surface area contributed by atoms with Crippen LogP contribution < -0.4 is 11.1 Å². The molecule has 0 saturated carbocycles. The molecule has 1 aromatic heterocycles. The van der Waals surface area contributed by atoms with Gasteiger partial charge in [-0.05, 0) is 12.1 Å². The summed E-state index contributed by atoms with van der Waals surface area (Å²) in [6.07, 6.45) is 0.0903. The Balaban J connectivity index is 2.20. The van der Waals surface area contributed by atoms with Crippen LogP contribution in [0.4, 0.5) is 0 Å². The second kappa shape index (κ2) is 5.67. The van der Waals surface area contributed by atoms with Crippen LogP contribution in [0.3, 0.4) is 0 Å². The van der Waals surface area contributed by atoms with Crippen molar-refractivity contribution in [2.75, 3.05) is 6.54 Å². The zero-order chi connectivity index (χ0) is 13.8. The van der Waals surface area contributed by atoms with E-state index >= 15 is 0 Å². The number of benzene rings is 1. The minimum atomic E-state index is -0.468. The van der Waals surface area contributed by atoms with Gasteiger partial charge in [-0.25, -0.2) is 4.98 Å². The van der Waals surface area contributed by atoms with E-state index in [-0.39, 0.29) is 24.6 Å². The summed E-state index contributed by atoms with van der Waals surface area (Å²) in [5.74, 6) is -0.848. The second-order valence-electron chi connectivity index (χ2n) is 3.98. The smallest absolute Gasteiger partial charge is 0.269 e. The predicted octanol–water partition coefficient (Wildman–Crippen LogP) is 1.49. The molecule has 2 amide bonds. The van der Waals surface area contributed by atoms with E-state index in [0.717, 1.165) is 5.39 Å². The number of nitrogens with two attached hydrogens (primary N) is 1. The standard InChI is InChI=1S/C13H12ClN3O2/c14-9-7-11(13(19)16-6-5-12(15)18)17-10-4-2-1-3-8(9)10/h1-4,7H,5-6H2,(H2,15,18)(H,16,19). The van der Waals surface area contributed by atoms with Crippen molar-refractivity contribution < 1.29 is 9.59 Å². The Kier molecular flexibility index (Phi) is 3.97. The van der Waals surface area contributed by atoms with Crippen molar-refractivity contribution >= 4 is 34.3 Å². The van der Waals surface area contributed by atoms with Gasteiger partial charge in [-0.1, -0.05) is 29.8 Å². The Bertz CT molecular complexity index is 643. The first kappa shape index (κ1) is 13.3. The number of para-hydroxylation sites is 1. The van der Waals surface area contributed by atoms with Gasteiger partial charge in [0.2, 0.25) is 5.91 Å². The summed E-state index contributed by atoms with van der Waals surface area (Å²) < 4.78 is 0. The number of fused-ring (bicyclic) bond motifs is 1. The van der Waals surface area contributed by atoms with Crippen molar-refractivity contribution in [1.82, 2.24) is 10.3 Å². The normalized spacial score (nSPS) is 10.4. The number of hydrogen-bond acceptors (Lipinski definition) is 3. The Morgan fingerprint density at radius 3 is 2.79 bits per heavy atom. The van der Waals surface area contributed by atoms with Gasteiger partial charge in [-0.3, -0.25) is 9.59 Å². The molecule has 0 bridgehead atoms. The summed E-state index contributed by atoms with van der Waals surface area (Å²) in [4.78, 5) is 26.6. The maximum absolute atomic E-state index is 11.8. The Morgan fingerprint density at radius 1 is 1.32 bits per heavy atom. The Labute approximate surface area is 114 Å². The fourth-order valence-electron chi connectivity index (χ4n) is 1.64. The van der Waals surface area contributed by atoms with Crippen LogP contribution in [0.25, 0.3) is 10.9 Å². The van der Waals surface area contributed by atoms with Crippen LogP contribution in [0.5, 0.6) is 0 Å². The van der Waals surface area contributed by atoms with Gasteiger partial charge in [-0.15, -0.1) is 0 Å². The number of aromatic nitrogens is 1. The van der Waals surface area contributed by atoms with Gasteiger partial charge >= 0.3 is 0 Å². The third-order valence-corrected chi connectivity index (χ3v) is 2.87. The van der Waals surface area contributed by atoms with Crippen molar-refractivity contribution in [2.45, 2.75) is 6.42 Å². The van der Waals surface area contributed by atoms with Crippen molar-refractivity contribution in [3.05, 3.63) is 41.0 Å². The molecule has 0 unspecified atom stereocenters. The van der Waals surface area contributed by atoms with E-state index in [9.17, 15) is 9.59 Å². The number of pyridine rings is 1. The Hall–Kier alpha value is -2.14. The predicted molar refractivity (Wildman–Crippen MR) is 72.9 cm³/mol. The molecule has 0 aliphatic heterocycles.